The van der Waals surface area contributed by atoms with Gasteiger partial charge in [-0.05, 0) is 37.1 Å². The van der Waals surface area contributed by atoms with Gasteiger partial charge in [0, 0.05) is 0 Å². The molecule has 0 bridgehead atoms. The molecule has 1 aromatic carbocycles. The van der Waals surface area contributed by atoms with Crippen molar-refractivity contribution in [3.8, 4) is 0 Å². The summed E-state index contributed by atoms with van der Waals surface area (Å²) in [7, 11) is -8.54. The molecule has 1 aromatic rings. The summed E-state index contributed by atoms with van der Waals surface area (Å²) in [5, 5.41) is -1.29. The third-order valence-corrected chi connectivity index (χ3v) is 5.55. The molecule has 90 valence electrons. The van der Waals surface area contributed by atoms with Crippen LogP contribution in [0.5, 0.6) is 0 Å². The zero-order chi connectivity index (χ0) is 12.6. The topological polar surface area (TPSA) is 88.5 Å². The number of rotatable bonds is 3. The first-order valence-corrected chi connectivity index (χ1v) is 7.63. The van der Waals surface area contributed by atoms with Crippen molar-refractivity contribution in [3.05, 3.63) is 29.3 Å². The molecular weight excluding hydrogens is 252 g/mol. The fourth-order valence-corrected chi connectivity index (χ4v) is 3.92. The molecular formula is C9H12O5S2. The van der Waals surface area contributed by atoms with Gasteiger partial charge in [0.1, 0.15) is 0 Å². The van der Waals surface area contributed by atoms with E-state index in [0.717, 1.165) is 11.1 Å². The van der Waals surface area contributed by atoms with Crippen molar-refractivity contribution in [1.29, 1.82) is 0 Å². The van der Waals surface area contributed by atoms with Crippen LogP contribution in [0.25, 0.3) is 0 Å². The SMILES string of the molecule is Cc1ccc(S(=O)(=O)CS(=O)(=O)O)cc1C. The van der Waals surface area contributed by atoms with E-state index in [-0.39, 0.29) is 4.90 Å². The molecule has 0 fully saturated rings. The van der Waals surface area contributed by atoms with Gasteiger partial charge in [-0.15, -0.1) is 0 Å². The lowest BCUT2D eigenvalue weighted by molar-refractivity contribution is 0.487. The summed E-state index contributed by atoms with van der Waals surface area (Å²) in [6.45, 7) is 3.54. The van der Waals surface area contributed by atoms with Crippen LogP contribution >= 0.6 is 0 Å². The molecule has 5 nitrogen and oxygen atoms in total. The summed E-state index contributed by atoms with van der Waals surface area (Å²) in [4.78, 5) is -0.103. The first-order valence-electron chi connectivity index (χ1n) is 4.37. The van der Waals surface area contributed by atoms with Crippen molar-refractivity contribution < 1.29 is 21.4 Å². The van der Waals surface area contributed by atoms with Gasteiger partial charge < -0.3 is 0 Å². The molecule has 1 rings (SSSR count). The van der Waals surface area contributed by atoms with Crippen LogP contribution in [-0.4, -0.2) is 26.5 Å². The quantitative estimate of drug-likeness (QED) is 0.820. The molecule has 0 radical (unpaired) electrons. The van der Waals surface area contributed by atoms with Gasteiger partial charge in [-0.1, -0.05) is 6.07 Å². The van der Waals surface area contributed by atoms with E-state index < -0.39 is 25.0 Å². The highest BCUT2D eigenvalue weighted by Gasteiger charge is 2.22. The smallest absolute Gasteiger partial charge is 0.279 e. The maximum absolute atomic E-state index is 11.6. The third-order valence-electron chi connectivity index (χ3n) is 2.14. The van der Waals surface area contributed by atoms with Crippen LogP contribution in [0.15, 0.2) is 23.1 Å². The van der Waals surface area contributed by atoms with Gasteiger partial charge in [-0.2, -0.15) is 8.42 Å². The molecule has 1 N–H and O–H groups in total. The molecule has 7 heteroatoms. The molecule has 0 amide bonds. The predicted molar refractivity (Wildman–Crippen MR) is 59.5 cm³/mol. The minimum absolute atomic E-state index is 0.103. The van der Waals surface area contributed by atoms with E-state index in [1.165, 1.54) is 12.1 Å². The maximum Gasteiger partial charge on any atom is 0.279 e. The summed E-state index contributed by atoms with van der Waals surface area (Å²) in [5.41, 5.74) is 1.65. The molecule has 0 unspecified atom stereocenters. The number of hydrogen-bond acceptors (Lipinski definition) is 4. The first-order chi connectivity index (χ1) is 7.12. The zero-order valence-electron chi connectivity index (χ0n) is 8.84. The fourth-order valence-electron chi connectivity index (χ4n) is 1.17. The van der Waals surface area contributed by atoms with Crippen LogP contribution in [0, 0.1) is 13.8 Å². The van der Waals surface area contributed by atoms with E-state index >= 15 is 0 Å². The van der Waals surface area contributed by atoms with E-state index in [4.69, 9.17) is 4.55 Å². The van der Waals surface area contributed by atoms with Gasteiger partial charge in [0.05, 0.1) is 4.90 Å². The normalized spacial score (nSPS) is 12.7. The Balaban J connectivity index is 3.24. The number of sulfone groups is 1. The van der Waals surface area contributed by atoms with Crippen LogP contribution in [0.1, 0.15) is 11.1 Å². The highest BCUT2D eigenvalue weighted by atomic mass is 32.3. The molecule has 0 atom stereocenters. The molecule has 0 aromatic heterocycles. The molecule has 0 saturated heterocycles. The van der Waals surface area contributed by atoms with Crippen molar-refractivity contribution in [2.45, 2.75) is 18.7 Å². The standard InChI is InChI=1S/C9H12O5S2/c1-7-3-4-9(5-8(7)2)15(10,11)6-16(12,13)14/h3-5H,6H2,1-2H3,(H,12,13,14). The minimum Gasteiger partial charge on any atom is -0.285 e. The van der Waals surface area contributed by atoms with E-state index in [9.17, 15) is 16.8 Å². The summed E-state index contributed by atoms with van der Waals surface area (Å²) in [6, 6.07) is 4.30. The van der Waals surface area contributed by atoms with Gasteiger partial charge in [0.2, 0.25) is 0 Å². The molecule has 0 spiro atoms. The highest BCUT2D eigenvalue weighted by molar-refractivity contribution is 8.05. The number of aryl methyl sites for hydroxylation is 2. The Kier molecular flexibility index (Phi) is 3.41. The Morgan fingerprint density at radius 2 is 1.62 bits per heavy atom. The van der Waals surface area contributed by atoms with Crippen molar-refractivity contribution in [2.75, 3.05) is 5.08 Å². The first kappa shape index (κ1) is 13.1. The van der Waals surface area contributed by atoms with Gasteiger partial charge in [-0.3, -0.25) is 4.55 Å². The summed E-state index contributed by atoms with van der Waals surface area (Å²) < 4.78 is 52.8. The van der Waals surface area contributed by atoms with E-state index in [1.807, 2.05) is 6.92 Å². The van der Waals surface area contributed by atoms with Crippen molar-refractivity contribution in [2.24, 2.45) is 0 Å². The maximum atomic E-state index is 11.6. The van der Waals surface area contributed by atoms with Crippen LogP contribution in [-0.2, 0) is 20.0 Å². The Labute approximate surface area is 94.8 Å². The van der Waals surface area contributed by atoms with Crippen LogP contribution in [0.3, 0.4) is 0 Å². The van der Waals surface area contributed by atoms with E-state index in [1.54, 1.807) is 13.0 Å². The summed E-state index contributed by atoms with van der Waals surface area (Å²) in [5.74, 6) is 0. The zero-order valence-corrected chi connectivity index (χ0v) is 10.5. The molecule has 0 saturated carbocycles. The predicted octanol–water partition coefficient (Wildman–Crippen LogP) is 0.922. The molecule has 0 aliphatic heterocycles. The van der Waals surface area contributed by atoms with Crippen molar-refractivity contribution in [3.63, 3.8) is 0 Å². The van der Waals surface area contributed by atoms with Gasteiger partial charge in [-0.25, -0.2) is 8.42 Å². The van der Waals surface area contributed by atoms with Crippen LogP contribution < -0.4 is 0 Å². The molecule has 16 heavy (non-hydrogen) atoms. The second-order valence-electron chi connectivity index (χ2n) is 3.56. The second-order valence-corrected chi connectivity index (χ2v) is 7.37. The van der Waals surface area contributed by atoms with Crippen LogP contribution in [0.4, 0.5) is 0 Å². The average molecular weight is 264 g/mol. The Morgan fingerprint density at radius 1 is 1.06 bits per heavy atom. The van der Waals surface area contributed by atoms with E-state index in [0.29, 0.717) is 0 Å². The van der Waals surface area contributed by atoms with Crippen LogP contribution in [0.2, 0.25) is 0 Å². The minimum atomic E-state index is -4.54. The van der Waals surface area contributed by atoms with Gasteiger partial charge in [0.25, 0.3) is 10.1 Å². The van der Waals surface area contributed by atoms with Crippen molar-refractivity contribution >= 4 is 20.0 Å². The lowest BCUT2D eigenvalue weighted by Gasteiger charge is -2.05. The third kappa shape index (κ3) is 3.29. The Morgan fingerprint density at radius 3 is 2.06 bits per heavy atom. The molecule has 0 aliphatic carbocycles. The second kappa shape index (κ2) is 4.15. The lowest BCUT2D eigenvalue weighted by Crippen LogP contribution is -2.15. The fraction of sp³-hybridized carbons (Fsp3) is 0.333. The Hall–Kier alpha value is -0.920. The lowest BCUT2D eigenvalue weighted by atomic mass is 10.1. The van der Waals surface area contributed by atoms with Gasteiger partial charge >= 0.3 is 0 Å². The highest BCUT2D eigenvalue weighted by Crippen LogP contribution is 2.16. The van der Waals surface area contributed by atoms with E-state index in [2.05, 4.69) is 0 Å². The monoisotopic (exact) mass is 264 g/mol. The number of benzene rings is 1. The Bertz CT molecular complexity index is 599. The average Bonchev–Trinajstić information content (AvgIpc) is 2.05. The summed E-state index contributed by atoms with van der Waals surface area (Å²) >= 11 is 0. The molecule has 0 aliphatic rings. The number of hydrogen-bond donors (Lipinski definition) is 1. The van der Waals surface area contributed by atoms with Crippen molar-refractivity contribution in [1.82, 2.24) is 0 Å². The molecule has 0 heterocycles. The summed E-state index contributed by atoms with van der Waals surface area (Å²) in [6.07, 6.45) is 0. The largest absolute Gasteiger partial charge is 0.285 e. The van der Waals surface area contributed by atoms with Gasteiger partial charge in [0.15, 0.2) is 14.9 Å².